The molecule has 0 spiro atoms. The smallest absolute Gasteiger partial charge is 0.291 e. The predicted octanol–water partition coefficient (Wildman–Crippen LogP) is 2.65. The van der Waals surface area contributed by atoms with E-state index in [4.69, 9.17) is 4.42 Å². The molecule has 9 nitrogen and oxygen atoms in total. The quantitative estimate of drug-likeness (QED) is 0.420. The third kappa shape index (κ3) is 3.78. The summed E-state index contributed by atoms with van der Waals surface area (Å²) in [7, 11) is 0. The maximum absolute atomic E-state index is 12.0. The highest BCUT2D eigenvalue weighted by atomic mass is 16.6. The van der Waals surface area contributed by atoms with Gasteiger partial charge < -0.3 is 4.42 Å². The van der Waals surface area contributed by atoms with E-state index in [0.29, 0.717) is 17.0 Å². The molecule has 126 valence electrons. The van der Waals surface area contributed by atoms with Gasteiger partial charge in [-0.05, 0) is 36.8 Å². The summed E-state index contributed by atoms with van der Waals surface area (Å²) in [5, 5.41) is 21.0. The van der Waals surface area contributed by atoms with Gasteiger partial charge in [-0.15, -0.1) is 0 Å². The third-order valence-electron chi connectivity index (χ3n) is 3.30. The van der Waals surface area contributed by atoms with E-state index < -0.39 is 10.8 Å². The van der Waals surface area contributed by atoms with Crippen molar-refractivity contribution in [1.29, 1.82) is 0 Å². The maximum atomic E-state index is 12.0. The summed E-state index contributed by atoms with van der Waals surface area (Å²) in [5.74, 6) is 0.839. The van der Waals surface area contributed by atoms with E-state index in [0.717, 1.165) is 5.76 Å². The standard InChI is InChI=1S/C16H13N5O4/c1-10-2-7-15(25-10)13-8-14(19-18-13)16(22)20-17-9-11-3-5-12(6-4-11)21(23)24/h2-9H,1H3,(H,18,19)(H,20,22)/b17-9-. The molecule has 2 N–H and O–H groups in total. The molecule has 25 heavy (non-hydrogen) atoms. The third-order valence-corrected chi connectivity index (χ3v) is 3.30. The number of H-pyrrole nitrogens is 1. The zero-order chi connectivity index (χ0) is 17.8. The average Bonchev–Trinajstić information content (AvgIpc) is 3.24. The molecule has 0 aliphatic heterocycles. The van der Waals surface area contributed by atoms with Gasteiger partial charge in [-0.1, -0.05) is 0 Å². The number of nitro groups is 1. The number of nitrogens with one attached hydrogen (secondary N) is 2. The molecular formula is C16H13N5O4. The molecule has 2 aromatic heterocycles. The van der Waals surface area contributed by atoms with Crippen molar-refractivity contribution in [2.75, 3.05) is 0 Å². The summed E-state index contributed by atoms with van der Waals surface area (Å²) >= 11 is 0. The summed E-state index contributed by atoms with van der Waals surface area (Å²) in [5.41, 5.74) is 3.67. The molecule has 1 aromatic carbocycles. The van der Waals surface area contributed by atoms with Gasteiger partial charge in [0, 0.05) is 18.2 Å². The lowest BCUT2D eigenvalue weighted by atomic mass is 10.2. The number of non-ortho nitro benzene ring substituents is 1. The number of aryl methyl sites for hydroxylation is 1. The zero-order valence-electron chi connectivity index (χ0n) is 13.1. The Morgan fingerprint density at radius 3 is 2.72 bits per heavy atom. The molecule has 0 aliphatic rings. The van der Waals surface area contributed by atoms with Gasteiger partial charge in [0.2, 0.25) is 0 Å². The van der Waals surface area contributed by atoms with Crippen LogP contribution in [0.15, 0.2) is 52.0 Å². The van der Waals surface area contributed by atoms with Crippen molar-refractivity contribution in [3.8, 4) is 11.5 Å². The van der Waals surface area contributed by atoms with Crippen LogP contribution in [0, 0.1) is 17.0 Å². The summed E-state index contributed by atoms with van der Waals surface area (Å²) in [6.45, 7) is 1.82. The van der Waals surface area contributed by atoms with Crippen LogP contribution in [0.3, 0.4) is 0 Å². The van der Waals surface area contributed by atoms with Crippen LogP contribution in [0.2, 0.25) is 0 Å². The summed E-state index contributed by atoms with van der Waals surface area (Å²) < 4.78 is 5.45. The van der Waals surface area contributed by atoms with Crippen molar-refractivity contribution < 1.29 is 14.1 Å². The lowest BCUT2D eigenvalue weighted by Crippen LogP contribution is -2.17. The monoisotopic (exact) mass is 339 g/mol. The molecule has 0 atom stereocenters. The Bertz CT molecular complexity index is 940. The topological polar surface area (TPSA) is 126 Å². The number of furan rings is 1. The first-order valence-corrected chi connectivity index (χ1v) is 7.23. The molecule has 3 rings (SSSR count). The van der Waals surface area contributed by atoms with Crippen LogP contribution in [-0.4, -0.2) is 27.2 Å². The van der Waals surface area contributed by atoms with Gasteiger partial charge in [0.1, 0.15) is 11.5 Å². The minimum atomic E-state index is -0.496. The molecule has 3 aromatic rings. The number of hydrazone groups is 1. The van der Waals surface area contributed by atoms with E-state index in [2.05, 4.69) is 20.7 Å². The lowest BCUT2D eigenvalue weighted by Gasteiger charge is -1.95. The van der Waals surface area contributed by atoms with Crippen LogP contribution in [0.5, 0.6) is 0 Å². The number of aromatic amines is 1. The number of rotatable bonds is 5. The molecule has 1 amide bonds. The second kappa shape index (κ2) is 6.79. The van der Waals surface area contributed by atoms with Gasteiger partial charge in [-0.25, -0.2) is 5.43 Å². The summed E-state index contributed by atoms with van der Waals surface area (Å²) in [4.78, 5) is 22.1. The van der Waals surface area contributed by atoms with Crippen molar-refractivity contribution in [3.63, 3.8) is 0 Å². The molecule has 9 heteroatoms. The largest absolute Gasteiger partial charge is 0.460 e. The molecule has 0 saturated carbocycles. The first-order chi connectivity index (χ1) is 12.0. The van der Waals surface area contributed by atoms with Gasteiger partial charge in [-0.3, -0.25) is 20.0 Å². The Morgan fingerprint density at radius 1 is 1.32 bits per heavy atom. The summed E-state index contributed by atoms with van der Waals surface area (Å²) in [6, 6.07) is 10.9. The Hall–Kier alpha value is -3.75. The van der Waals surface area contributed by atoms with Crippen molar-refractivity contribution >= 4 is 17.8 Å². The first kappa shape index (κ1) is 16.1. The molecule has 0 unspecified atom stereocenters. The Labute approximate surface area is 141 Å². The number of hydrogen-bond donors (Lipinski definition) is 2. The first-order valence-electron chi connectivity index (χ1n) is 7.23. The van der Waals surface area contributed by atoms with E-state index in [1.54, 1.807) is 12.1 Å². The molecule has 0 fully saturated rings. The second-order valence-electron chi connectivity index (χ2n) is 5.12. The average molecular weight is 339 g/mol. The van der Waals surface area contributed by atoms with Gasteiger partial charge >= 0.3 is 0 Å². The number of carbonyl (C=O) groups excluding carboxylic acids is 1. The van der Waals surface area contributed by atoms with Crippen molar-refractivity contribution in [2.24, 2.45) is 5.10 Å². The Balaban J connectivity index is 1.62. The van der Waals surface area contributed by atoms with Crippen LogP contribution in [0.1, 0.15) is 21.8 Å². The molecule has 0 radical (unpaired) electrons. The van der Waals surface area contributed by atoms with E-state index in [1.807, 2.05) is 13.0 Å². The maximum Gasteiger partial charge on any atom is 0.291 e. The summed E-state index contributed by atoms with van der Waals surface area (Å²) in [6.07, 6.45) is 1.38. The van der Waals surface area contributed by atoms with Crippen LogP contribution < -0.4 is 5.43 Å². The number of amides is 1. The number of nitrogens with zero attached hydrogens (tertiary/aromatic N) is 3. The van der Waals surface area contributed by atoms with Crippen LogP contribution >= 0.6 is 0 Å². The number of aromatic nitrogens is 2. The van der Waals surface area contributed by atoms with Crippen molar-refractivity contribution in [2.45, 2.75) is 6.92 Å². The van der Waals surface area contributed by atoms with E-state index in [9.17, 15) is 14.9 Å². The fourth-order valence-corrected chi connectivity index (χ4v) is 2.05. The Morgan fingerprint density at radius 2 is 2.08 bits per heavy atom. The molecule has 0 bridgehead atoms. The van der Waals surface area contributed by atoms with Gasteiger partial charge in [0.25, 0.3) is 11.6 Å². The van der Waals surface area contributed by atoms with Crippen molar-refractivity contribution in [1.82, 2.24) is 15.6 Å². The van der Waals surface area contributed by atoms with Gasteiger partial charge in [-0.2, -0.15) is 10.2 Å². The number of nitro benzene ring substituents is 1. The van der Waals surface area contributed by atoms with Gasteiger partial charge in [0.05, 0.1) is 11.1 Å². The second-order valence-corrected chi connectivity index (χ2v) is 5.12. The lowest BCUT2D eigenvalue weighted by molar-refractivity contribution is -0.384. The molecule has 0 aliphatic carbocycles. The van der Waals surface area contributed by atoms with E-state index in [-0.39, 0.29) is 11.4 Å². The molecular weight excluding hydrogens is 326 g/mol. The minimum absolute atomic E-state index is 0.0154. The van der Waals surface area contributed by atoms with Crippen molar-refractivity contribution in [3.05, 3.63) is 69.6 Å². The highest BCUT2D eigenvalue weighted by molar-refractivity contribution is 5.94. The Kier molecular flexibility index (Phi) is 4.38. The zero-order valence-corrected chi connectivity index (χ0v) is 13.1. The molecule has 0 saturated heterocycles. The van der Waals surface area contributed by atoms with E-state index in [1.165, 1.54) is 30.5 Å². The normalized spacial score (nSPS) is 10.9. The van der Waals surface area contributed by atoms with Crippen LogP contribution in [0.25, 0.3) is 11.5 Å². The fraction of sp³-hybridized carbons (Fsp3) is 0.0625. The fourth-order valence-electron chi connectivity index (χ4n) is 2.05. The SMILES string of the molecule is Cc1ccc(-c2cc(C(=O)N/N=C\c3ccc([N+](=O)[O-])cc3)n[nH]2)o1. The predicted molar refractivity (Wildman–Crippen MR) is 89.2 cm³/mol. The molecule has 2 heterocycles. The highest BCUT2D eigenvalue weighted by Crippen LogP contribution is 2.20. The van der Waals surface area contributed by atoms with E-state index >= 15 is 0 Å². The number of carbonyl (C=O) groups is 1. The minimum Gasteiger partial charge on any atom is -0.460 e. The highest BCUT2D eigenvalue weighted by Gasteiger charge is 2.12. The van der Waals surface area contributed by atoms with Crippen LogP contribution in [-0.2, 0) is 0 Å². The van der Waals surface area contributed by atoms with Crippen LogP contribution in [0.4, 0.5) is 5.69 Å². The van der Waals surface area contributed by atoms with Gasteiger partial charge in [0.15, 0.2) is 11.5 Å². The number of benzene rings is 1. The number of hydrogen-bond acceptors (Lipinski definition) is 6.